The maximum Gasteiger partial charge on any atom is 0.307 e. The summed E-state index contributed by atoms with van der Waals surface area (Å²) in [6.45, 7) is 2.86. The summed E-state index contributed by atoms with van der Waals surface area (Å²) < 4.78 is 5.56. The molecule has 0 unspecified atom stereocenters. The lowest BCUT2D eigenvalue weighted by Gasteiger charge is -2.13. The molecule has 0 spiro atoms. The fourth-order valence-corrected chi connectivity index (χ4v) is 3.18. The first-order valence-corrected chi connectivity index (χ1v) is 9.35. The maximum absolute atomic E-state index is 12.1. The Morgan fingerprint density at radius 3 is 2.52 bits per heavy atom. The van der Waals surface area contributed by atoms with Crippen molar-refractivity contribution in [2.24, 2.45) is 0 Å². The van der Waals surface area contributed by atoms with Crippen LogP contribution in [0.4, 0.5) is 5.69 Å². The molecule has 142 valence electrons. The van der Waals surface area contributed by atoms with Crippen LogP contribution in [0.25, 0.3) is 0 Å². The summed E-state index contributed by atoms with van der Waals surface area (Å²) in [5.74, 6) is -1.50. The number of carbonyl (C=O) groups excluding carboxylic acids is 4. The fourth-order valence-electron chi connectivity index (χ4n) is 2.17. The molecule has 1 N–H and O–H groups in total. The SMILES string of the molecule is CC(=O)c1cccc(NC(=O)[C@@H](C)OC(=O)CCC(=O)c2ccc(Cl)s2)c1. The van der Waals surface area contributed by atoms with E-state index >= 15 is 0 Å². The van der Waals surface area contributed by atoms with Gasteiger partial charge in [0, 0.05) is 17.7 Å². The molecule has 0 aliphatic rings. The number of anilines is 1. The molecule has 6 nitrogen and oxygen atoms in total. The third-order valence-corrected chi connectivity index (χ3v) is 4.89. The molecule has 1 atom stereocenters. The molecule has 0 bridgehead atoms. The Balaban J connectivity index is 1.82. The number of hydrogen-bond donors (Lipinski definition) is 1. The van der Waals surface area contributed by atoms with Crippen molar-refractivity contribution in [3.63, 3.8) is 0 Å². The lowest BCUT2D eigenvalue weighted by atomic mass is 10.1. The summed E-state index contributed by atoms with van der Waals surface area (Å²) in [5.41, 5.74) is 0.894. The van der Waals surface area contributed by atoms with Gasteiger partial charge in [0.25, 0.3) is 5.91 Å². The van der Waals surface area contributed by atoms with Gasteiger partial charge in [-0.25, -0.2) is 0 Å². The average Bonchev–Trinajstić information content (AvgIpc) is 3.06. The predicted molar refractivity (Wildman–Crippen MR) is 104 cm³/mol. The monoisotopic (exact) mass is 407 g/mol. The first-order chi connectivity index (χ1) is 12.8. The van der Waals surface area contributed by atoms with E-state index in [1.54, 1.807) is 36.4 Å². The lowest BCUT2D eigenvalue weighted by Crippen LogP contribution is -2.30. The largest absolute Gasteiger partial charge is 0.453 e. The average molecular weight is 408 g/mol. The second-order valence-electron chi connectivity index (χ2n) is 5.79. The second-order valence-corrected chi connectivity index (χ2v) is 7.50. The first kappa shape index (κ1) is 20.8. The van der Waals surface area contributed by atoms with Crippen LogP contribution in [0.2, 0.25) is 4.34 Å². The minimum atomic E-state index is -1.04. The van der Waals surface area contributed by atoms with Crippen molar-refractivity contribution >= 4 is 52.1 Å². The summed E-state index contributed by atoms with van der Waals surface area (Å²) >= 11 is 6.92. The van der Waals surface area contributed by atoms with Gasteiger partial charge in [-0.15, -0.1) is 11.3 Å². The second kappa shape index (κ2) is 9.43. The van der Waals surface area contributed by atoms with Crippen LogP contribution in [0.3, 0.4) is 0 Å². The van der Waals surface area contributed by atoms with E-state index in [1.807, 2.05) is 0 Å². The number of carbonyl (C=O) groups is 4. The van der Waals surface area contributed by atoms with E-state index in [9.17, 15) is 19.2 Å². The normalized spacial score (nSPS) is 11.5. The molecule has 0 saturated carbocycles. The van der Waals surface area contributed by atoms with Crippen LogP contribution < -0.4 is 5.32 Å². The minimum absolute atomic E-state index is 0.0231. The lowest BCUT2D eigenvalue weighted by molar-refractivity contribution is -0.153. The Bertz CT molecular complexity index is 876. The van der Waals surface area contributed by atoms with Gasteiger partial charge in [-0.05, 0) is 38.1 Å². The van der Waals surface area contributed by atoms with E-state index < -0.39 is 18.0 Å². The van der Waals surface area contributed by atoms with Crippen LogP contribution in [-0.2, 0) is 14.3 Å². The third-order valence-electron chi connectivity index (χ3n) is 3.62. The van der Waals surface area contributed by atoms with Gasteiger partial charge in [-0.3, -0.25) is 19.2 Å². The van der Waals surface area contributed by atoms with Crippen LogP contribution in [0.1, 0.15) is 46.7 Å². The number of hydrogen-bond acceptors (Lipinski definition) is 6. The Labute approximate surface area is 165 Å². The third kappa shape index (κ3) is 6.30. The van der Waals surface area contributed by atoms with Crippen molar-refractivity contribution in [2.45, 2.75) is 32.8 Å². The van der Waals surface area contributed by atoms with E-state index in [2.05, 4.69) is 5.32 Å². The molecular weight excluding hydrogens is 390 g/mol. The van der Waals surface area contributed by atoms with Gasteiger partial charge in [0.2, 0.25) is 0 Å². The van der Waals surface area contributed by atoms with E-state index in [1.165, 1.54) is 13.8 Å². The molecular formula is C19H18ClNO5S. The Morgan fingerprint density at radius 1 is 1.15 bits per heavy atom. The van der Waals surface area contributed by atoms with Crippen molar-refractivity contribution in [3.8, 4) is 0 Å². The molecule has 8 heteroatoms. The zero-order valence-electron chi connectivity index (χ0n) is 14.8. The number of halogens is 1. The number of ketones is 2. The number of esters is 1. The van der Waals surface area contributed by atoms with Gasteiger partial charge in [0.15, 0.2) is 17.7 Å². The summed E-state index contributed by atoms with van der Waals surface area (Å²) in [4.78, 5) is 47.8. The number of thiophene rings is 1. The molecule has 2 aromatic rings. The highest BCUT2D eigenvalue weighted by molar-refractivity contribution is 7.18. The first-order valence-electron chi connectivity index (χ1n) is 8.16. The van der Waals surface area contributed by atoms with Crippen LogP contribution in [-0.4, -0.2) is 29.5 Å². The summed E-state index contributed by atoms with van der Waals surface area (Å²) in [7, 11) is 0. The van der Waals surface area contributed by atoms with E-state index in [0.717, 1.165) is 11.3 Å². The van der Waals surface area contributed by atoms with Crippen LogP contribution >= 0.6 is 22.9 Å². The number of Topliss-reactive ketones (excluding diaryl/α,β-unsaturated/α-hetero) is 2. The molecule has 0 saturated heterocycles. The van der Waals surface area contributed by atoms with Gasteiger partial charge in [-0.1, -0.05) is 23.7 Å². The molecule has 0 aliphatic carbocycles. The van der Waals surface area contributed by atoms with Crippen molar-refractivity contribution in [3.05, 3.63) is 51.2 Å². The van der Waals surface area contributed by atoms with Crippen molar-refractivity contribution < 1.29 is 23.9 Å². The van der Waals surface area contributed by atoms with Crippen molar-refractivity contribution in [1.29, 1.82) is 0 Å². The molecule has 0 aliphatic heterocycles. The molecule has 0 radical (unpaired) electrons. The van der Waals surface area contributed by atoms with Gasteiger partial charge >= 0.3 is 5.97 Å². The Morgan fingerprint density at radius 2 is 1.89 bits per heavy atom. The fraction of sp³-hybridized carbons (Fsp3) is 0.263. The molecule has 1 amide bonds. The van der Waals surface area contributed by atoms with E-state index in [0.29, 0.717) is 20.5 Å². The van der Waals surface area contributed by atoms with Crippen LogP contribution in [0.5, 0.6) is 0 Å². The zero-order chi connectivity index (χ0) is 20.0. The molecule has 0 fully saturated rings. The van der Waals surface area contributed by atoms with Gasteiger partial charge in [-0.2, -0.15) is 0 Å². The number of nitrogens with one attached hydrogen (secondary N) is 1. The summed E-state index contributed by atoms with van der Waals surface area (Å²) in [6, 6.07) is 9.67. The highest BCUT2D eigenvalue weighted by Crippen LogP contribution is 2.23. The zero-order valence-corrected chi connectivity index (χ0v) is 16.4. The molecule has 1 heterocycles. The number of benzene rings is 1. The topological polar surface area (TPSA) is 89.5 Å². The summed E-state index contributed by atoms with van der Waals surface area (Å²) in [5, 5.41) is 2.59. The van der Waals surface area contributed by atoms with Gasteiger partial charge in [0.05, 0.1) is 15.6 Å². The van der Waals surface area contributed by atoms with E-state index in [4.69, 9.17) is 16.3 Å². The number of rotatable bonds is 8. The van der Waals surface area contributed by atoms with Crippen molar-refractivity contribution in [1.82, 2.24) is 0 Å². The molecule has 1 aromatic heterocycles. The van der Waals surface area contributed by atoms with Crippen LogP contribution in [0, 0.1) is 0 Å². The quantitative estimate of drug-likeness (QED) is 0.524. The molecule has 2 rings (SSSR count). The van der Waals surface area contributed by atoms with Crippen LogP contribution in [0.15, 0.2) is 36.4 Å². The minimum Gasteiger partial charge on any atom is -0.453 e. The van der Waals surface area contributed by atoms with Gasteiger partial charge < -0.3 is 10.1 Å². The number of ether oxygens (including phenoxy) is 1. The standard InChI is InChI=1S/C19H18ClNO5S/c1-11(22)13-4-3-5-14(10-13)21-19(25)12(2)26-18(24)9-6-15(23)16-7-8-17(20)27-16/h3-5,7-8,10,12H,6,9H2,1-2H3,(H,21,25)/t12-/m1/s1. The molecule has 27 heavy (non-hydrogen) atoms. The highest BCUT2D eigenvalue weighted by atomic mass is 35.5. The number of amides is 1. The highest BCUT2D eigenvalue weighted by Gasteiger charge is 2.19. The predicted octanol–water partition coefficient (Wildman–Crippen LogP) is 4.14. The Hall–Kier alpha value is -2.51. The summed E-state index contributed by atoms with van der Waals surface area (Å²) in [6.07, 6.45) is -1.19. The maximum atomic E-state index is 12.1. The Kier molecular flexibility index (Phi) is 7.27. The molecule has 1 aromatic carbocycles. The smallest absolute Gasteiger partial charge is 0.307 e. The van der Waals surface area contributed by atoms with Crippen molar-refractivity contribution in [2.75, 3.05) is 5.32 Å². The van der Waals surface area contributed by atoms with E-state index in [-0.39, 0.29) is 24.4 Å². The van der Waals surface area contributed by atoms with Gasteiger partial charge in [0.1, 0.15) is 0 Å².